The monoisotopic (exact) mass is 1030 g/mol. The van der Waals surface area contributed by atoms with Gasteiger partial charge in [0.15, 0.2) is 59.1 Å². The number of rotatable bonds is 8. The summed E-state index contributed by atoms with van der Waals surface area (Å²) < 4.78 is 31.1. The highest BCUT2D eigenvalue weighted by atomic mass is 16.7. The zero-order valence-corrected chi connectivity index (χ0v) is 38.0. The van der Waals surface area contributed by atoms with E-state index in [4.69, 9.17) is 23.7 Å². The molecule has 6 aromatic carbocycles. The number of phenols is 12. The van der Waals surface area contributed by atoms with Crippen molar-refractivity contribution in [2.45, 2.75) is 85.6 Å². The fourth-order valence-electron chi connectivity index (χ4n) is 10.4. The first kappa shape index (κ1) is 49.6. The third-order valence-corrected chi connectivity index (χ3v) is 14.0. The van der Waals surface area contributed by atoms with Gasteiger partial charge in [0.25, 0.3) is 0 Å². The summed E-state index contributed by atoms with van der Waals surface area (Å²) in [5.41, 5.74) is -1.72. The molecule has 0 spiro atoms. The standard InChI is InChI=1S/C51H48O23/c52-15-34-41(65)44(68)45(69)51(72-34)71-33-12-20-24(57)13-29(62)36(49(20)73-46(33)16-1-4-21(54)25(58)7-16)40-38-31(64)14-30(63)37(50(38)74-48(43(40)67)18-3-6-23(56)27(60)9-18)39-35-28(61)10-19(53)11-32(35)70-47(42(39)66)17-2-5-22(55)26(59)8-17/h1-11,13-14,33-34,39-48,51-69H,12,15H2. The lowest BCUT2D eigenvalue weighted by Crippen LogP contribution is -2.60. The van der Waals surface area contributed by atoms with E-state index >= 15 is 0 Å². The van der Waals surface area contributed by atoms with Crippen molar-refractivity contribution < 1.29 is 116 Å². The predicted octanol–water partition coefficient (Wildman–Crippen LogP) is 2.27. The Hall–Kier alpha value is -8.00. The fourth-order valence-corrected chi connectivity index (χ4v) is 10.4. The minimum atomic E-state index is -2.01. The molecule has 1 saturated heterocycles. The molecule has 0 amide bonds. The van der Waals surface area contributed by atoms with Crippen LogP contribution >= 0.6 is 0 Å². The summed E-state index contributed by atoms with van der Waals surface area (Å²) in [5, 5.41) is 200. The Morgan fingerprint density at radius 2 is 0.878 bits per heavy atom. The third-order valence-electron chi connectivity index (χ3n) is 14.0. The number of hydrogen-bond donors (Lipinski definition) is 18. The summed E-state index contributed by atoms with van der Waals surface area (Å²) in [6, 6.07) is 13.9. The van der Waals surface area contributed by atoms with Gasteiger partial charge in [0.2, 0.25) is 0 Å². The van der Waals surface area contributed by atoms with Crippen LogP contribution in [0.25, 0.3) is 0 Å². The average Bonchev–Trinajstić information content (AvgIpc) is 3.35. The molecule has 390 valence electrons. The number of benzene rings is 6. The SMILES string of the molecule is OCC1OC(OC2Cc3c(O)cc(O)c(C4c5c(O)cc(O)c(C6c7c(O)cc(O)cc7OC(c7ccc(O)c(O)c7)C6O)c5OC(c5ccc(O)c(O)c5)C4O)c3OC2c2ccc(O)c(O)c2)C(O)C(O)C1O. The molecule has 1 fully saturated rings. The predicted molar refractivity (Wildman–Crippen MR) is 247 cm³/mol. The molecule has 0 saturated carbocycles. The molecule has 0 aliphatic carbocycles. The van der Waals surface area contributed by atoms with Gasteiger partial charge in [-0.15, -0.1) is 0 Å². The Bertz CT molecular complexity index is 3180. The molecule has 13 atom stereocenters. The van der Waals surface area contributed by atoms with Crippen LogP contribution < -0.4 is 14.2 Å². The number of aliphatic hydroxyl groups is 6. The molecule has 23 nitrogen and oxygen atoms in total. The molecule has 4 aliphatic heterocycles. The number of aromatic hydroxyl groups is 12. The van der Waals surface area contributed by atoms with E-state index in [9.17, 15) is 91.9 Å². The molecule has 4 aliphatic rings. The van der Waals surface area contributed by atoms with Crippen molar-refractivity contribution in [3.63, 3.8) is 0 Å². The van der Waals surface area contributed by atoms with Crippen LogP contribution in [0.2, 0.25) is 0 Å². The van der Waals surface area contributed by atoms with E-state index in [-0.39, 0.29) is 33.6 Å². The highest BCUT2D eigenvalue weighted by molar-refractivity contribution is 5.71. The topological polar surface area (TPSA) is 410 Å². The summed E-state index contributed by atoms with van der Waals surface area (Å²) in [5.74, 6) is -12.7. The van der Waals surface area contributed by atoms with Crippen molar-refractivity contribution in [2.24, 2.45) is 0 Å². The minimum Gasteiger partial charge on any atom is -0.508 e. The van der Waals surface area contributed by atoms with Gasteiger partial charge in [0.1, 0.15) is 94.5 Å². The maximum Gasteiger partial charge on any atom is 0.187 e. The first-order valence-corrected chi connectivity index (χ1v) is 22.8. The van der Waals surface area contributed by atoms with Gasteiger partial charge in [0, 0.05) is 58.5 Å². The molecule has 23 heteroatoms. The number of phenolic OH excluding ortho intramolecular Hbond substituents is 12. The highest BCUT2D eigenvalue weighted by Gasteiger charge is 2.52. The van der Waals surface area contributed by atoms with Gasteiger partial charge in [-0.05, 0) is 53.1 Å². The zero-order chi connectivity index (χ0) is 52.9. The Kier molecular flexibility index (Phi) is 12.4. The van der Waals surface area contributed by atoms with Crippen LogP contribution in [-0.4, -0.2) is 148 Å². The Morgan fingerprint density at radius 1 is 0.419 bits per heavy atom. The van der Waals surface area contributed by atoms with Gasteiger partial charge >= 0.3 is 0 Å². The summed E-state index contributed by atoms with van der Waals surface area (Å²) in [6.45, 7) is -0.826. The molecule has 74 heavy (non-hydrogen) atoms. The number of fused-ring (bicyclic) bond motifs is 3. The third kappa shape index (κ3) is 8.11. The zero-order valence-electron chi connectivity index (χ0n) is 38.0. The lowest BCUT2D eigenvalue weighted by molar-refractivity contribution is -0.317. The highest BCUT2D eigenvalue weighted by Crippen LogP contribution is 2.62. The van der Waals surface area contributed by atoms with Crippen molar-refractivity contribution >= 4 is 0 Å². The van der Waals surface area contributed by atoms with Crippen LogP contribution in [0.5, 0.6) is 86.2 Å². The second kappa shape index (κ2) is 18.5. The first-order valence-electron chi connectivity index (χ1n) is 22.8. The molecule has 18 N–H and O–H groups in total. The van der Waals surface area contributed by atoms with Gasteiger partial charge in [-0.3, -0.25) is 0 Å². The lowest BCUT2D eigenvalue weighted by Gasteiger charge is -2.44. The quantitative estimate of drug-likeness (QED) is 0.0972. The van der Waals surface area contributed by atoms with E-state index in [0.29, 0.717) is 0 Å². The van der Waals surface area contributed by atoms with Crippen molar-refractivity contribution in [3.05, 3.63) is 123 Å². The maximum atomic E-state index is 12.8. The fraction of sp³-hybridized carbons (Fsp3) is 0.294. The van der Waals surface area contributed by atoms with Crippen LogP contribution in [0, 0.1) is 0 Å². The summed E-state index contributed by atoms with van der Waals surface area (Å²) in [4.78, 5) is 0. The molecule has 13 unspecified atom stereocenters. The van der Waals surface area contributed by atoms with E-state index in [1.165, 1.54) is 18.2 Å². The Balaban J connectivity index is 1.20. The number of hydrogen-bond acceptors (Lipinski definition) is 23. The normalized spacial score (nSPS) is 28.2. The lowest BCUT2D eigenvalue weighted by atomic mass is 9.73. The molecule has 10 rings (SSSR count). The molecular weight excluding hydrogens is 981 g/mol. The Labute approximate surface area is 416 Å². The summed E-state index contributed by atoms with van der Waals surface area (Å²) in [6.07, 6.45) is -19.4. The maximum absolute atomic E-state index is 12.8. The molecule has 4 heterocycles. The van der Waals surface area contributed by atoms with Crippen LogP contribution in [0.1, 0.15) is 74.7 Å². The number of aliphatic hydroxyl groups excluding tert-OH is 6. The van der Waals surface area contributed by atoms with Gasteiger partial charge < -0.3 is 116 Å². The smallest absolute Gasteiger partial charge is 0.187 e. The van der Waals surface area contributed by atoms with E-state index in [2.05, 4.69) is 0 Å². The molecule has 0 radical (unpaired) electrons. The Morgan fingerprint density at radius 3 is 1.41 bits per heavy atom. The van der Waals surface area contributed by atoms with Crippen LogP contribution in [0.15, 0.2) is 78.9 Å². The van der Waals surface area contributed by atoms with Crippen LogP contribution in [-0.2, 0) is 15.9 Å². The number of ether oxygens (including phenoxy) is 5. The van der Waals surface area contributed by atoms with Crippen molar-refractivity contribution in [1.82, 2.24) is 0 Å². The average molecular weight is 1030 g/mol. The van der Waals surface area contributed by atoms with E-state index in [1.54, 1.807) is 0 Å². The van der Waals surface area contributed by atoms with Gasteiger partial charge in [-0.25, -0.2) is 0 Å². The van der Waals surface area contributed by atoms with Gasteiger partial charge in [-0.1, -0.05) is 18.2 Å². The summed E-state index contributed by atoms with van der Waals surface area (Å²) in [7, 11) is 0. The molecule has 0 aromatic heterocycles. The summed E-state index contributed by atoms with van der Waals surface area (Å²) >= 11 is 0. The van der Waals surface area contributed by atoms with Crippen molar-refractivity contribution in [2.75, 3.05) is 6.61 Å². The first-order chi connectivity index (χ1) is 35.2. The van der Waals surface area contributed by atoms with Gasteiger partial charge in [0.05, 0.1) is 18.4 Å². The second-order valence-electron chi connectivity index (χ2n) is 18.5. The van der Waals surface area contributed by atoms with Crippen molar-refractivity contribution in [3.8, 4) is 86.2 Å². The molecular formula is C51H48O23. The second-order valence-corrected chi connectivity index (χ2v) is 18.5. The van der Waals surface area contributed by atoms with E-state index < -0.39 is 189 Å². The molecule has 6 aromatic rings. The van der Waals surface area contributed by atoms with E-state index in [1.807, 2.05) is 0 Å². The van der Waals surface area contributed by atoms with Gasteiger partial charge in [-0.2, -0.15) is 0 Å². The van der Waals surface area contributed by atoms with Crippen molar-refractivity contribution in [1.29, 1.82) is 0 Å². The minimum absolute atomic E-state index is 0.0317. The van der Waals surface area contributed by atoms with E-state index in [0.717, 1.165) is 60.7 Å². The molecule has 0 bridgehead atoms. The van der Waals surface area contributed by atoms with Crippen LogP contribution in [0.4, 0.5) is 0 Å². The van der Waals surface area contributed by atoms with Crippen LogP contribution in [0.3, 0.4) is 0 Å². The largest absolute Gasteiger partial charge is 0.508 e.